The highest BCUT2D eigenvalue weighted by Gasteiger charge is 2.10. The molecule has 9 heteroatoms. The number of ketones is 1. The molecule has 1 aliphatic heterocycles. The number of hydrogen-bond acceptors (Lipinski definition) is 5. The molecule has 25 heavy (non-hydrogen) atoms. The number of rotatable bonds is 5. The normalized spacial score (nSPS) is 15.7. The van der Waals surface area contributed by atoms with Crippen molar-refractivity contribution >= 4 is 45.2 Å². The maximum Gasteiger partial charge on any atom is 0.261 e. The van der Waals surface area contributed by atoms with E-state index in [0.29, 0.717) is 22.7 Å². The molecule has 1 N–H and O–H groups in total. The van der Waals surface area contributed by atoms with Gasteiger partial charge in [-0.1, -0.05) is 35.3 Å². The van der Waals surface area contributed by atoms with Crippen LogP contribution in [0.15, 0.2) is 24.3 Å². The molecule has 1 fully saturated rings. The van der Waals surface area contributed by atoms with Crippen molar-refractivity contribution in [2.24, 2.45) is 0 Å². The summed E-state index contributed by atoms with van der Waals surface area (Å²) < 4.78 is 31.1. The molecule has 0 amide bonds. The van der Waals surface area contributed by atoms with E-state index in [2.05, 4.69) is 4.90 Å². The summed E-state index contributed by atoms with van der Waals surface area (Å²) in [4.78, 5) is 14.1. The molecule has 0 radical (unpaired) electrons. The number of carbonyl (C=O) groups is 1. The smallest absolute Gasteiger partial charge is 0.261 e. The predicted molar refractivity (Wildman–Crippen MR) is 99.9 cm³/mol. The molecule has 0 spiro atoms. The highest BCUT2D eigenvalue weighted by atomic mass is 35.5. The van der Waals surface area contributed by atoms with Crippen LogP contribution >= 0.6 is 23.2 Å². The third-order valence-electron chi connectivity index (χ3n) is 3.18. The summed E-state index contributed by atoms with van der Waals surface area (Å²) in [6, 6.07) is 5.30. The van der Waals surface area contributed by atoms with Crippen molar-refractivity contribution in [3.63, 3.8) is 0 Å². The molecule has 1 aromatic carbocycles. The first-order chi connectivity index (χ1) is 11.6. The molecule has 6 nitrogen and oxygen atoms in total. The van der Waals surface area contributed by atoms with E-state index >= 15 is 0 Å². The van der Waals surface area contributed by atoms with Gasteiger partial charge in [0.05, 0.1) is 29.5 Å². The largest absolute Gasteiger partial charge is 0.379 e. The summed E-state index contributed by atoms with van der Waals surface area (Å²) in [5.41, 5.74) is 0.874. The minimum Gasteiger partial charge on any atom is -0.379 e. The van der Waals surface area contributed by atoms with Crippen LogP contribution in [-0.4, -0.2) is 62.8 Å². The van der Waals surface area contributed by atoms with Crippen molar-refractivity contribution in [2.75, 3.05) is 39.1 Å². The highest BCUT2D eigenvalue weighted by Crippen LogP contribution is 2.23. The lowest BCUT2D eigenvalue weighted by Gasteiger charge is -2.25. The van der Waals surface area contributed by atoms with Gasteiger partial charge in [-0.05, 0) is 23.8 Å². The van der Waals surface area contributed by atoms with Crippen LogP contribution in [0.25, 0.3) is 6.08 Å². The summed E-state index contributed by atoms with van der Waals surface area (Å²) in [6.45, 7) is 4.11. The van der Waals surface area contributed by atoms with Crippen LogP contribution in [0, 0.1) is 0 Å². The standard InChI is InChI=1S/C15H17Cl2NO2.CH4O3S/c16-14-4-2-12(11-15(14)17)1-3-13(19)5-6-18-7-9-20-10-8-18;1-5(2,3)4/h1-4,11H,5-10H2;1H3,(H,2,3,4)/b3-1+;. The molecular weight excluding hydrogens is 389 g/mol. The number of hydrogen-bond donors (Lipinski definition) is 1. The van der Waals surface area contributed by atoms with Crippen molar-refractivity contribution in [1.82, 2.24) is 4.90 Å². The van der Waals surface area contributed by atoms with E-state index in [-0.39, 0.29) is 5.78 Å². The van der Waals surface area contributed by atoms with Gasteiger partial charge in [-0.15, -0.1) is 0 Å². The summed E-state index contributed by atoms with van der Waals surface area (Å²) in [6.07, 6.45) is 4.61. The maximum atomic E-state index is 11.8. The molecule has 1 aromatic rings. The van der Waals surface area contributed by atoms with Crippen LogP contribution in [-0.2, 0) is 19.6 Å². The van der Waals surface area contributed by atoms with Gasteiger partial charge in [-0.25, -0.2) is 0 Å². The third kappa shape index (κ3) is 11.3. The van der Waals surface area contributed by atoms with Gasteiger partial charge in [0.15, 0.2) is 5.78 Å². The number of ether oxygens (including phenoxy) is 1. The van der Waals surface area contributed by atoms with Crippen LogP contribution in [0.2, 0.25) is 10.0 Å². The van der Waals surface area contributed by atoms with Crippen molar-refractivity contribution in [1.29, 1.82) is 0 Å². The second-order valence-electron chi connectivity index (χ2n) is 5.41. The van der Waals surface area contributed by atoms with Crippen molar-refractivity contribution < 1.29 is 22.5 Å². The minimum absolute atomic E-state index is 0.113. The molecule has 1 heterocycles. The lowest BCUT2D eigenvalue weighted by Crippen LogP contribution is -2.37. The highest BCUT2D eigenvalue weighted by molar-refractivity contribution is 7.85. The third-order valence-corrected chi connectivity index (χ3v) is 3.92. The van der Waals surface area contributed by atoms with Gasteiger partial charge < -0.3 is 4.74 Å². The molecule has 0 atom stereocenters. The molecule has 1 aliphatic rings. The van der Waals surface area contributed by atoms with Crippen LogP contribution in [0.5, 0.6) is 0 Å². The number of carbonyl (C=O) groups excluding carboxylic acids is 1. The first-order valence-corrected chi connectivity index (χ1v) is 10.1. The summed E-state index contributed by atoms with van der Waals surface area (Å²) in [7, 11) is -3.67. The van der Waals surface area contributed by atoms with Gasteiger partial charge in [0.25, 0.3) is 10.1 Å². The van der Waals surface area contributed by atoms with Crippen molar-refractivity contribution in [2.45, 2.75) is 6.42 Å². The Hall–Kier alpha value is -0.960. The predicted octanol–water partition coefficient (Wildman–Crippen LogP) is 2.80. The van der Waals surface area contributed by atoms with Gasteiger partial charge in [-0.3, -0.25) is 14.2 Å². The molecule has 140 valence electrons. The Bertz CT molecular complexity index is 692. The van der Waals surface area contributed by atoms with Crippen LogP contribution < -0.4 is 0 Å². The quantitative estimate of drug-likeness (QED) is 0.594. The zero-order chi connectivity index (χ0) is 18.9. The Kier molecular flexibility index (Phi) is 9.63. The average molecular weight is 410 g/mol. The molecule has 0 saturated carbocycles. The molecule has 0 unspecified atom stereocenters. The van der Waals surface area contributed by atoms with Crippen molar-refractivity contribution in [3.05, 3.63) is 39.9 Å². The summed E-state index contributed by atoms with van der Waals surface area (Å²) in [5.74, 6) is 0.113. The fourth-order valence-electron chi connectivity index (χ4n) is 1.98. The molecule has 0 aromatic heterocycles. The Labute approximate surface area is 158 Å². The molecule has 1 saturated heterocycles. The van der Waals surface area contributed by atoms with Crippen molar-refractivity contribution in [3.8, 4) is 0 Å². The Morgan fingerprint density at radius 1 is 1.28 bits per heavy atom. The summed E-state index contributed by atoms with van der Waals surface area (Å²) >= 11 is 11.8. The second-order valence-corrected chi connectivity index (χ2v) is 7.69. The van der Waals surface area contributed by atoms with E-state index in [1.54, 1.807) is 24.3 Å². The molecule has 0 bridgehead atoms. The van der Waals surface area contributed by atoms with Gasteiger partial charge in [0.2, 0.25) is 0 Å². The fourth-order valence-corrected chi connectivity index (χ4v) is 2.29. The Morgan fingerprint density at radius 3 is 2.44 bits per heavy atom. The molecule has 2 rings (SSSR count). The number of halogens is 2. The molecular formula is C16H21Cl2NO5S. The van der Waals surface area contributed by atoms with Gasteiger partial charge >= 0.3 is 0 Å². The van der Waals surface area contributed by atoms with Gasteiger partial charge in [-0.2, -0.15) is 8.42 Å². The van der Waals surface area contributed by atoms with E-state index < -0.39 is 10.1 Å². The number of nitrogens with zero attached hydrogens (tertiary/aromatic N) is 1. The monoisotopic (exact) mass is 409 g/mol. The number of allylic oxidation sites excluding steroid dienone is 1. The van der Waals surface area contributed by atoms with E-state index in [1.165, 1.54) is 0 Å². The zero-order valence-electron chi connectivity index (χ0n) is 13.8. The van der Waals surface area contributed by atoms with Crippen LogP contribution in [0.3, 0.4) is 0 Å². The van der Waals surface area contributed by atoms with E-state index in [4.69, 9.17) is 32.5 Å². The van der Waals surface area contributed by atoms with E-state index in [9.17, 15) is 13.2 Å². The lowest BCUT2D eigenvalue weighted by atomic mass is 10.1. The van der Waals surface area contributed by atoms with E-state index in [0.717, 1.165) is 38.4 Å². The minimum atomic E-state index is -3.67. The Balaban J connectivity index is 0.000000550. The van der Waals surface area contributed by atoms with Gasteiger partial charge in [0.1, 0.15) is 0 Å². The number of morpholine rings is 1. The van der Waals surface area contributed by atoms with Crippen LogP contribution in [0.1, 0.15) is 12.0 Å². The lowest BCUT2D eigenvalue weighted by molar-refractivity contribution is -0.115. The van der Waals surface area contributed by atoms with E-state index in [1.807, 2.05) is 6.07 Å². The second kappa shape index (κ2) is 10.9. The zero-order valence-corrected chi connectivity index (χ0v) is 16.1. The Morgan fingerprint density at radius 2 is 1.88 bits per heavy atom. The SMILES string of the molecule is CS(=O)(=O)O.O=C(/C=C/c1ccc(Cl)c(Cl)c1)CCN1CCOCC1. The fraction of sp³-hybridized carbons (Fsp3) is 0.438. The van der Waals surface area contributed by atoms with Crippen LogP contribution in [0.4, 0.5) is 0 Å². The topological polar surface area (TPSA) is 83.9 Å². The van der Waals surface area contributed by atoms with Gasteiger partial charge in [0, 0.05) is 26.1 Å². The number of benzene rings is 1. The summed E-state index contributed by atoms with van der Waals surface area (Å²) in [5, 5.41) is 1.01. The molecule has 0 aliphatic carbocycles. The average Bonchev–Trinajstić information content (AvgIpc) is 2.53. The first-order valence-electron chi connectivity index (χ1n) is 7.53. The maximum absolute atomic E-state index is 11.8. The first kappa shape index (κ1) is 22.1.